The van der Waals surface area contributed by atoms with Gasteiger partial charge in [0.15, 0.2) is 0 Å². The Hall–Kier alpha value is -2.56. The molecule has 0 bridgehead atoms. The Morgan fingerprint density at radius 3 is 2.41 bits per heavy atom. The van der Waals surface area contributed by atoms with E-state index in [1.54, 1.807) is 7.11 Å². The maximum atomic E-state index is 11.7. The van der Waals surface area contributed by atoms with Crippen molar-refractivity contribution in [1.29, 1.82) is 0 Å². The number of carbonyl (C=O) groups is 2. The molecule has 2 rings (SSSR count). The maximum Gasteiger partial charge on any atom is 0.345 e. The first-order chi connectivity index (χ1) is 10.6. The molecule has 0 aliphatic heterocycles. The van der Waals surface area contributed by atoms with E-state index in [9.17, 15) is 9.59 Å². The smallest absolute Gasteiger partial charge is 0.345 e. The summed E-state index contributed by atoms with van der Waals surface area (Å²) in [6.07, 6.45) is 12.1. The van der Waals surface area contributed by atoms with Gasteiger partial charge in [-0.1, -0.05) is 18.2 Å². The molecule has 0 fully saturated rings. The van der Waals surface area contributed by atoms with E-state index in [-0.39, 0.29) is 11.5 Å². The molecule has 0 spiro atoms. The van der Waals surface area contributed by atoms with Crippen LogP contribution in [0.1, 0.15) is 6.42 Å². The van der Waals surface area contributed by atoms with E-state index in [0.29, 0.717) is 0 Å². The number of carbonyl (C=O) groups excluding carboxylic acids is 2. The lowest BCUT2D eigenvalue weighted by molar-refractivity contribution is -0.144. The molecule has 0 aromatic rings. The fraction of sp³-hybridized carbons (Fsp3) is 0.294. The highest BCUT2D eigenvalue weighted by Crippen LogP contribution is 2.31. The van der Waals surface area contributed by atoms with E-state index < -0.39 is 11.9 Å². The van der Waals surface area contributed by atoms with Gasteiger partial charge in [0.05, 0.1) is 21.3 Å². The molecule has 5 heteroatoms. The van der Waals surface area contributed by atoms with E-state index in [1.165, 1.54) is 20.3 Å². The van der Waals surface area contributed by atoms with Gasteiger partial charge in [-0.3, -0.25) is 0 Å². The Balaban J connectivity index is 2.26. The van der Waals surface area contributed by atoms with Crippen LogP contribution < -0.4 is 0 Å². The van der Waals surface area contributed by atoms with Gasteiger partial charge in [0.1, 0.15) is 11.3 Å². The van der Waals surface area contributed by atoms with Crippen molar-refractivity contribution >= 4 is 11.9 Å². The molecule has 2 aliphatic rings. The molecular formula is C17H18O5. The van der Waals surface area contributed by atoms with E-state index in [4.69, 9.17) is 4.74 Å². The molecule has 22 heavy (non-hydrogen) atoms. The first-order valence-electron chi connectivity index (χ1n) is 6.83. The molecule has 116 valence electrons. The van der Waals surface area contributed by atoms with Gasteiger partial charge >= 0.3 is 11.9 Å². The third-order valence-electron chi connectivity index (χ3n) is 3.53. The van der Waals surface area contributed by atoms with Gasteiger partial charge in [-0.15, -0.1) is 0 Å². The average molecular weight is 302 g/mol. The van der Waals surface area contributed by atoms with Gasteiger partial charge < -0.3 is 14.2 Å². The van der Waals surface area contributed by atoms with Crippen molar-refractivity contribution in [1.82, 2.24) is 0 Å². The largest absolute Gasteiger partial charge is 0.497 e. The predicted octanol–water partition coefficient (Wildman–Crippen LogP) is 2.23. The Bertz CT molecular complexity index is 613. The maximum absolute atomic E-state index is 11.7. The van der Waals surface area contributed by atoms with Crippen LogP contribution in [0, 0.1) is 5.92 Å². The van der Waals surface area contributed by atoms with Crippen molar-refractivity contribution in [2.24, 2.45) is 5.92 Å². The van der Waals surface area contributed by atoms with Gasteiger partial charge in [-0.05, 0) is 35.8 Å². The summed E-state index contributed by atoms with van der Waals surface area (Å²) in [5, 5.41) is 0. The van der Waals surface area contributed by atoms with Crippen LogP contribution in [0.25, 0.3) is 0 Å². The lowest BCUT2D eigenvalue weighted by atomic mass is 9.85. The predicted molar refractivity (Wildman–Crippen MR) is 80.6 cm³/mol. The lowest BCUT2D eigenvalue weighted by Gasteiger charge is -2.22. The SMILES string of the molecule is COC(=O)C(=CC1=CC2CC=C(OC)C=C2C=C1)C(=O)OC. The Morgan fingerprint density at radius 1 is 1.14 bits per heavy atom. The van der Waals surface area contributed by atoms with Crippen LogP contribution in [0.2, 0.25) is 0 Å². The minimum absolute atomic E-state index is 0.128. The summed E-state index contributed by atoms with van der Waals surface area (Å²) in [5.74, 6) is -0.389. The standard InChI is InChI=1S/C17H18O5/c1-20-14-7-6-12-8-11(4-5-13(12)10-14)9-15(16(18)21-2)17(19)22-3/h4-5,7-10,12H,6H2,1-3H3. The summed E-state index contributed by atoms with van der Waals surface area (Å²) in [7, 11) is 4.09. The Kier molecular flexibility index (Phi) is 4.99. The van der Waals surface area contributed by atoms with Crippen LogP contribution in [0.5, 0.6) is 0 Å². The summed E-state index contributed by atoms with van der Waals surface area (Å²) >= 11 is 0. The van der Waals surface area contributed by atoms with Crippen LogP contribution in [-0.4, -0.2) is 33.3 Å². The van der Waals surface area contributed by atoms with Gasteiger partial charge in [0.2, 0.25) is 0 Å². The van der Waals surface area contributed by atoms with E-state index in [1.807, 2.05) is 30.4 Å². The Labute approximate surface area is 129 Å². The van der Waals surface area contributed by atoms with Gasteiger partial charge in [0.25, 0.3) is 0 Å². The Morgan fingerprint density at radius 2 is 1.82 bits per heavy atom. The molecule has 1 atom stereocenters. The lowest BCUT2D eigenvalue weighted by Crippen LogP contribution is -2.16. The van der Waals surface area contributed by atoms with Crippen molar-refractivity contribution < 1.29 is 23.8 Å². The second-order valence-electron chi connectivity index (χ2n) is 4.84. The number of ether oxygens (including phenoxy) is 3. The normalized spacial score (nSPS) is 19.0. The zero-order valence-corrected chi connectivity index (χ0v) is 12.8. The van der Waals surface area contributed by atoms with Crippen molar-refractivity contribution in [3.8, 4) is 0 Å². The highest BCUT2D eigenvalue weighted by molar-refractivity contribution is 6.14. The van der Waals surface area contributed by atoms with Gasteiger partial charge in [0, 0.05) is 5.92 Å². The van der Waals surface area contributed by atoms with Gasteiger partial charge in [-0.25, -0.2) is 9.59 Å². The number of hydrogen-bond acceptors (Lipinski definition) is 5. The molecule has 0 N–H and O–H groups in total. The van der Waals surface area contributed by atoms with Crippen LogP contribution in [0.3, 0.4) is 0 Å². The summed E-state index contributed by atoms with van der Waals surface area (Å²) in [6, 6.07) is 0. The summed E-state index contributed by atoms with van der Waals surface area (Å²) in [6.45, 7) is 0. The van der Waals surface area contributed by atoms with E-state index >= 15 is 0 Å². The molecule has 0 aromatic heterocycles. The summed E-state index contributed by atoms with van der Waals surface area (Å²) in [5.41, 5.74) is 1.77. The quantitative estimate of drug-likeness (QED) is 0.345. The second kappa shape index (κ2) is 6.93. The highest BCUT2D eigenvalue weighted by atomic mass is 16.5. The fourth-order valence-electron chi connectivity index (χ4n) is 2.35. The number of allylic oxidation sites excluding steroid dienone is 8. The molecule has 0 aromatic carbocycles. The first-order valence-corrected chi connectivity index (χ1v) is 6.83. The third kappa shape index (κ3) is 3.36. The fourth-order valence-corrected chi connectivity index (χ4v) is 2.35. The topological polar surface area (TPSA) is 61.8 Å². The molecule has 0 heterocycles. The molecule has 0 amide bonds. The molecule has 0 saturated carbocycles. The summed E-state index contributed by atoms with van der Waals surface area (Å²) < 4.78 is 14.5. The average Bonchev–Trinajstić information content (AvgIpc) is 2.57. The molecule has 5 nitrogen and oxygen atoms in total. The monoisotopic (exact) mass is 302 g/mol. The zero-order chi connectivity index (χ0) is 16.1. The van der Waals surface area contributed by atoms with Crippen LogP contribution >= 0.6 is 0 Å². The summed E-state index contributed by atoms with van der Waals surface area (Å²) in [4.78, 5) is 23.3. The van der Waals surface area contributed by atoms with Crippen molar-refractivity contribution in [2.45, 2.75) is 6.42 Å². The molecule has 2 aliphatic carbocycles. The number of methoxy groups -OCH3 is 3. The molecule has 1 unspecified atom stereocenters. The first kappa shape index (κ1) is 15.8. The van der Waals surface area contributed by atoms with Crippen LogP contribution in [-0.2, 0) is 23.8 Å². The number of hydrogen-bond donors (Lipinski definition) is 0. The number of fused-ring (bicyclic) bond motifs is 1. The van der Waals surface area contributed by atoms with E-state index in [0.717, 1.165) is 23.3 Å². The number of rotatable bonds is 4. The van der Waals surface area contributed by atoms with E-state index in [2.05, 4.69) is 9.47 Å². The third-order valence-corrected chi connectivity index (χ3v) is 3.53. The molecular weight excluding hydrogens is 284 g/mol. The zero-order valence-electron chi connectivity index (χ0n) is 12.8. The second-order valence-corrected chi connectivity index (χ2v) is 4.84. The van der Waals surface area contributed by atoms with Gasteiger partial charge in [-0.2, -0.15) is 0 Å². The van der Waals surface area contributed by atoms with Crippen LogP contribution in [0.15, 0.2) is 58.9 Å². The highest BCUT2D eigenvalue weighted by Gasteiger charge is 2.22. The molecule has 0 saturated heterocycles. The minimum atomic E-state index is -0.715. The van der Waals surface area contributed by atoms with Crippen molar-refractivity contribution in [2.75, 3.05) is 21.3 Å². The van der Waals surface area contributed by atoms with Crippen molar-refractivity contribution in [3.05, 3.63) is 58.9 Å². The van der Waals surface area contributed by atoms with Crippen molar-refractivity contribution in [3.63, 3.8) is 0 Å². The molecule has 0 radical (unpaired) electrons. The van der Waals surface area contributed by atoms with Crippen LogP contribution in [0.4, 0.5) is 0 Å². The minimum Gasteiger partial charge on any atom is -0.497 e. The number of esters is 2.